The van der Waals surface area contributed by atoms with Crippen molar-refractivity contribution in [3.63, 3.8) is 0 Å². The van der Waals surface area contributed by atoms with Gasteiger partial charge in [-0.2, -0.15) is 0 Å². The highest BCUT2D eigenvalue weighted by atomic mass is 19.1. The SMILES string of the molecule is CC(C)(C)OC(=O)Nc1ccc(N)c(NCc2ccc(F)cc2F)c1. The molecule has 134 valence electrons. The molecule has 0 atom stereocenters. The standard InChI is InChI=1S/C18H21F2N3O2/c1-18(2,3)25-17(24)23-13-6-7-15(21)16(9-13)22-10-11-4-5-12(19)8-14(11)20/h4-9,22H,10,21H2,1-3H3,(H,23,24). The van der Waals surface area contributed by atoms with E-state index in [2.05, 4.69) is 10.6 Å². The van der Waals surface area contributed by atoms with Crippen molar-refractivity contribution < 1.29 is 18.3 Å². The number of amides is 1. The third-order valence-electron chi connectivity index (χ3n) is 3.18. The molecule has 0 fully saturated rings. The van der Waals surface area contributed by atoms with Gasteiger partial charge in [0.15, 0.2) is 0 Å². The number of halogens is 2. The summed E-state index contributed by atoms with van der Waals surface area (Å²) in [5, 5.41) is 5.57. The lowest BCUT2D eigenvalue weighted by Crippen LogP contribution is -2.27. The third-order valence-corrected chi connectivity index (χ3v) is 3.18. The van der Waals surface area contributed by atoms with Crippen LogP contribution in [-0.2, 0) is 11.3 Å². The average Bonchev–Trinajstić information content (AvgIpc) is 2.47. The van der Waals surface area contributed by atoms with Gasteiger partial charge >= 0.3 is 6.09 Å². The summed E-state index contributed by atoms with van der Waals surface area (Å²) < 4.78 is 31.8. The van der Waals surface area contributed by atoms with Crippen LogP contribution in [0.5, 0.6) is 0 Å². The Kier molecular flexibility index (Phi) is 5.46. The number of carbonyl (C=O) groups is 1. The third kappa shape index (κ3) is 5.63. The number of hydrogen-bond acceptors (Lipinski definition) is 4. The smallest absolute Gasteiger partial charge is 0.412 e. The van der Waals surface area contributed by atoms with Gasteiger partial charge in [0.1, 0.15) is 17.2 Å². The first kappa shape index (κ1) is 18.5. The van der Waals surface area contributed by atoms with Gasteiger partial charge < -0.3 is 15.8 Å². The Morgan fingerprint density at radius 2 is 1.88 bits per heavy atom. The molecule has 0 saturated heterocycles. The summed E-state index contributed by atoms with van der Waals surface area (Å²) in [4.78, 5) is 11.8. The van der Waals surface area contributed by atoms with Gasteiger partial charge in [-0.05, 0) is 45.0 Å². The van der Waals surface area contributed by atoms with Crippen molar-refractivity contribution in [3.8, 4) is 0 Å². The average molecular weight is 349 g/mol. The maximum Gasteiger partial charge on any atom is 0.412 e. The van der Waals surface area contributed by atoms with Crippen LogP contribution >= 0.6 is 0 Å². The van der Waals surface area contributed by atoms with Crippen molar-refractivity contribution in [2.75, 3.05) is 16.4 Å². The van der Waals surface area contributed by atoms with E-state index in [1.165, 1.54) is 12.1 Å². The second-order valence-corrected chi connectivity index (χ2v) is 6.52. The van der Waals surface area contributed by atoms with Gasteiger partial charge in [-0.3, -0.25) is 5.32 Å². The van der Waals surface area contributed by atoms with Gasteiger partial charge in [0.05, 0.1) is 11.4 Å². The predicted molar refractivity (Wildman–Crippen MR) is 94.4 cm³/mol. The molecule has 0 aliphatic heterocycles. The summed E-state index contributed by atoms with van der Waals surface area (Å²) in [5.74, 6) is -1.28. The van der Waals surface area contributed by atoms with E-state index < -0.39 is 23.3 Å². The van der Waals surface area contributed by atoms with E-state index in [0.717, 1.165) is 6.07 Å². The van der Waals surface area contributed by atoms with Crippen LogP contribution in [0.15, 0.2) is 36.4 Å². The highest BCUT2D eigenvalue weighted by molar-refractivity contribution is 5.87. The molecule has 4 N–H and O–H groups in total. The number of anilines is 3. The number of carbonyl (C=O) groups excluding carboxylic acids is 1. The Hall–Kier alpha value is -2.83. The molecule has 2 aromatic rings. The zero-order chi connectivity index (χ0) is 18.6. The molecular formula is C18H21F2N3O2. The van der Waals surface area contributed by atoms with Crippen molar-refractivity contribution in [2.45, 2.75) is 32.9 Å². The van der Waals surface area contributed by atoms with Crippen LogP contribution in [0.4, 0.5) is 30.6 Å². The minimum Gasteiger partial charge on any atom is -0.444 e. The van der Waals surface area contributed by atoms with E-state index in [1.807, 2.05) is 0 Å². The van der Waals surface area contributed by atoms with E-state index in [0.29, 0.717) is 22.6 Å². The molecule has 0 radical (unpaired) electrons. The normalized spacial score (nSPS) is 11.1. The van der Waals surface area contributed by atoms with Crippen LogP contribution in [-0.4, -0.2) is 11.7 Å². The predicted octanol–water partition coefficient (Wildman–Crippen LogP) is 4.51. The van der Waals surface area contributed by atoms with Crippen molar-refractivity contribution in [3.05, 3.63) is 53.6 Å². The van der Waals surface area contributed by atoms with E-state index in [9.17, 15) is 13.6 Å². The molecule has 7 heteroatoms. The number of nitrogens with one attached hydrogen (secondary N) is 2. The summed E-state index contributed by atoms with van der Waals surface area (Å²) in [6.07, 6.45) is -0.590. The Labute approximate surface area is 145 Å². The largest absolute Gasteiger partial charge is 0.444 e. The molecule has 2 rings (SSSR count). The molecule has 0 aliphatic rings. The van der Waals surface area contributed by atoms with E-state index in [-0.39, 0.29) is 6.54 Å². The minimum absolute atomic E-state index is 0.117. The number of nitrogens with two attached hydrogens (primary N) is 1. The van der Waals surface area contributed by atoms with Crippen LogP contribution in [0, 0.1) is 11.6 Å². The second kappa shape index (κ2) is 7.38. The maximum absolute atomic E-state index is 13.7. The first-order chi connectivity index (χ1) is 11.6. The Morgan fingerprint density at radius 3 is 2.52 bits per heavy atom. The lowest BCUT2D eigenvalue weighted by atomic mass is 10.2. The lowest BCUT2D eigenvalue weighted by molar-refractivity contribution is 0.0636. The number of rotatable bonds is 4. The first-order valence-corrected chi connectivity index (χ1v) is 7.71. The number of benzene rings is 2. The molecule has 0 heterocycles. The zero-order valence-corrected chi connectivity index (χ0v) is 14.3. The van der Waals surface area contributed by atoms with Crippen LogP contribution in [0.25, 0.3) is 0 Å². The van der Waals surface area contributed by atoms with E-state index >= 15 is 0 Å². The van der Waals surface area contributed by atoms with Crippen molar-refractivity contribution in [2.24, 2.45) is 0 Å². The van der Waals surface area contributed by atoms with Crippen LogP contribution in [0.2, 0.25) is 0 Å². The quantitative estimate of drug-likeness (QED) is 0.710. The fourth-order valence-electron chi connectivity index (χ4n) is 2.06. The second-order valence-electron chi connectivity index (χ2n) is 6.52. The molecule has 0 saturated carbocycles. The Balaban J connectivity index is 2.07. The Morgan fingerprint density at radius 1 is 1.16 bits per heavy atom. The van der Waals surface area contributed by atoms with Crippen LogP contribution in [0.1, 0.15) is 26.3 Å². The topological polar surface area (TPSA) is 76.4 Å². The zero-order valence-electron chi connectivity index (χ0n) is 14.3. The van der Waals surface area contributed by atoms with Crippen LogP contribution < -0.4 is 16.4 Å². The molecular weight excluding hydrogens is 328 g/mol. The molecule has 5 nitrogen and oxygen atoms in total. The lowest BCUT2D eigenvalue weighted by Gasteiger charge is -2.20. The maximum atomic E-state index is 13.7. The highest BCUT2D eigenvalue weighted by Gasteiger charge is 2.16. The number of nitrogen functional groups attached to an aromatic ring is 1. The van der Waals surface area contributed by atoms with E-state index in [1.54, 1.807) is 39.0 Å². The van der Waals surface area contributed by atoms with Gasteiger partial charge in [0.25, 0.3) is 0 Å². The van der Waals surface area contributed by atoms with Gasteiger partial charge in [-0.15, -0.1) is 0 Å². The summed E-state index contributed by atoms with van der Waals surface area (Å²) in [6, 6.07) is 8.21. The molecule has 2 aromatic carbocycles. The fourth-order valence-corrected chi connectivity index (χ4v) is 2.06. The number of ether oxygens (including phenoxy) is 1. The molecule has 0 aromatic heterocycles. The molecule has 0 unspecified atom stereocenters. The first-order valence-electron chi connectivity index (χ1n) is 7.71. The molecule has 25 heavy (non-hydrogen) atoms. The number of hydrogen-bond donors (Lipinski definition) is 3. The summed E-state index contributed by atoms with van der Waals surface area (Å²) >= 11 is 0. The molecule has 0 spiro atoms. The molecule has 1 amide bonds. The molecule has 0 aliphatic carbocycles. The molecule has 0 bridgehead atoms. The highest BCUT2D eigenvalue weighted by Crippen LogP contribution is 2.24. The summed E-state index contributed by atoms with van der Waals surface area (Å²) in [7, 11) is 0. The summed E-state index contributed by atoms with van der Waals surface area (Å²) in [6.45, 7) is 5.41. The van der Waals surface area contributed by atoms with Crippen molar-refractivity contribution >= 4 is 23.2 Å². The Bertz CT molecular complexity index is 773. The van der Waals surface area contributed by atoms with Crippen molar-refractivity contribution in [1.82, 2.24) is 0 Å². The monoisotopic (exact) mass is 349 g/mol. The minimum atomic E-state index is -0.644. The van der Waals surface area contributed by atoms with Gasteiger partial charge in [0, 0.05) is 23.9 Å². The van der Waals surface area contributed by atoms with Crippen LogP contribution in [0.3, 0.4) is 0 Å². The fraction of sp³-hybridized carbons (Fsp3) is 0.278. The van der Waals surface area contributed by atoms with Gasteiger partial charge in [-0.25, -0.2) is 13.6 Å². The van der Waals surface area contributed by atoms with Gasteiger partial charge in [0.2, 0.25) is 0 Å². The van der Waals surface area contributed by atoms with Crippen molar-refractivity contribution in [1.29, 1.82) is 0 Å². The summed E-state index contributed by atoms with van der Waals surface area (Å²) in [5.41, 5.74) is 6.99. The van der Waals surface area contributed by atoms with E-state index in [4.69, 9.17) is 10.5 Å². The van der Waals surface area contributed by atoms with Gasteiger partial charge in [-0.1, -0.05) is 6.07 Å².